The zero-order valence-corrected chi connectivity index (χ0v) is 19.3. The van der Waals surface area contributed by atoms with Crippen molar-refractivity contribution in [3.63, 3.8) is 0 Å². The van der Waals surface area contributed by atoms with Gasteiger partial charge in [-0.1, -0.05) is 6.07 Å². The number of morpholine rings is 1. The van der Waals surface area contributed by atoms with Crippen LogP contribution in [0.25, 0.3) is 33.4 Å². The average molecular weight is 457 g/mol. The molecule has 0 saturated carbocycles. The zero-order chi connectivity index (χ0) is 23.5. The van der Waals surface area contributed by atoms with Gasteiger partial charge in [-0.2, -0.15) is 5.10 Å². The van der Waals surface area contributed by atoms with Gasteiger partial charge in [-0.25, -0.2) is 0 Å². The molecule has 3 aromatic heterocycles. The maximum atomic E-state index is 11.7. The van der Waals surface area contributed by atoms with Gasteiger partial charge in [0.1, 0.15) is 5.69 Å². The number of carbonyl (C=O) groups excluding carboxylic acids is 1. The van der Waals surface area contributed by atoms with Gasteiger partial charge in [0, 0.05) is 53.7 Å². The van der Waals surface area contributed by atoms with Crippen LogP contribution in [-0.4, -0.2) is 52.0 Å². The number of primary amides is 1. The van der Waals surface area contributed by atoms with E-state index in [1.165, 1.54) is 5.69 Å². The number of aryl methyl sites for hydroxylation is 2. The number of nitrogens with one attached hydrogen (secondary N) is 1. The van der Waals surface area contributed by atoms with Crippen molar-refractivity contribution in [2.75, 3.05) is 26.3 Å². The van der Waals surface area contributed by atoms with Crippen LogP contribution in [0.15, 0.2) is 48.7 Å². The fourth-order valence-corrected chi connectivity index (χ4v) is 4.50. The van der Waals surface area contributed by atoms with E-state index in [1.54, 1.807) is 12.3 Å². The number of hydrogen-bond donors (Lipinski definition) is 2. The summed E-state index contributed by atoms with van der Waals surface area (Å²) in [5, 5.41) is 8.94. The molecule has 5 heterocycles. The number of rotatable bonds is 3. The second-order valence-electron chi connectivity index (χ2n) is 8.48. The van der Waals surface area contributed by atoms with E-state index in [0.29, 0.717) is 5.56 Å². The molecule has 8 nitrogen and oxygen atoms in total. The van der Waals surface area contributed by atoms with Gasteiger partial charge < -0.3 is 15.8 Å². The van der Waals surface area contributed by atoms with Crippen molar-refractivity contribution in [1.29, 1.82) is 0 Å². The number of nitrogens with two attached hydrogens (primary N) is 1. The Bertz CT molecular complexity index is 1330. The fourth-order valence-electron chi connectivity index (χ4n) is 4.50. The molecule has 1 amide bonds. The number of pyridine rings is 2. The lowest BCUT2D eigenvalue weighted by Gasteiger charge is -2.10. The highest BCUT2D eigenvalue weighted by atomic mass is 16.5. The van der Waals surface area contributed by atoms with E-state index >= 15 is 0 Å². The summed E-state index contributed by atoms with van der Waals surface area (Å²) in [7, 11) is 0. The third kappa shape index (κ3) is 4.42. The Labute approximate surface area is 198 Å². The number of fused-ring (bicyclic) bond motifs is 2. The number of carbonyl (C=O) groups is 1. The van der Waals surface area contributed by atoms with E-state index < -0.39 is 5.91 Å². The summed E-state index contributed by atoms with van der Waals surface area (Å²) in [6.07, 6.45) is 3.84. The van der Waals surface area contributed by atoms with Crippen molar-refractivity contribution < 1.29 is 9.53 Å². The van der Waals surface area contributed by atoms with Crippen LogP contribution < -0.4 is 11.1 Å². The highest BCUT2D eigenvalue weighted by Gasteiger charge is 2.25. The van der Waals surface area contributed by atoms with E-state index in [0.717, 1.165) is 84.8 Å². The Morgan fingerprint density at radius 1 is 1.15 bits per heavy atom. The molecule has 6 rings (SSSR count). The monoisotopic (exact) mass is 456 g/mol. The lowest BCUT2D eigenvalue weighted by Crippen LogP contribution is -2.30. The summed E-state index contributed by atoms with van der Waals surface area (Å²) >= 11 is 0. The topological polar surface area (TPSA) is 108 Å². The molecule has 2 aliphatic heterocycles. The van der Waals surface area contributed by atoms with Gasteiger partial charge in [-0.3, -0.25) is 19.4 Å². The number of benzene rings is 1. The van der Waals surface area contributed by atoms with E-state index in [-0.39, 0.29) is 0 Å². The predicted molar refractivity (Wildman–Crippen MR) is 131 cm³/mol. The predicted octanol–water partition coefficient (Wildman–Crippen LogP) is 3.12. The molecular weight excluding hydrogens is 428 g/mol. The third-order valence-corrected chi connectivity index (χ3v) is 6.11. The summed E-state index contributed by atoms with van der Waals surface area (Å²) < 4.78 is 7.09. The molecule has 1 aromatic carbocycles. The summed E-state index contributed by atoms with van der Waals surface area (Å²) in [4.78, 5) is 20.9. The summed E-state index contributed by atoms with van der Waals surface area (Å²) in [5.41, 5.74) is 12.8. The second-order valence-corrected chi connectivity index (χ2v) is 8.48. The van der Waals surface area contributed by atoms with Crippen molar-refractivity contribution in [3.05, 3.63) is 65.6 Å². The standard InChI is InChI=1S/C22H19N5O.C4H9NO/c1-13-4-2-5-18(25-13)21-20(19-6-3-11-27(19)26-21)15-9-10-24-17-8-7-14(22(23)28)12-16(15)17;1-3-6-4-2-5-1/h2,4-5,7-10,12H,3,6,11H2,1H3,(H2,23,28);5H,1-4H2. The molecule has 1 fully saturated rings. The number of hydrogen-bond acceptors (Lipinski definition) is 6. The van der Waals surface area contributed by atoms with E-state index in [4.69, 9.17) is 20.6 Å². The van der Waals surface area contributed by atoms with Crippen LogP contribution >= 0.6 is 0 Å². The maximum Gasteiger partial charge on any atom is 0.248 e. The first-order chi connectivity index (χ1) is 16.6. The lowest BCUT2D eigenvalue weighted by molar-refractivity contribution is 0.100. The van der Waals surface area contributed by atoms with Crippen molar-refractivity contribution >= 4 is 16.8 Å². The quantitative estimate of drug-likeness (QED) is 0.490. The van der Waals surface area contributed by atoms with Gasteiger partial charge in [-0.15, -0.1) is 0 Å². The molecule has 3 N–H and O–H groups in total. The van der Waals surface area contributed by atoms with Crippen LogP contribution in [0.4, 0.5) is 0 Å². The van der Waals surface area contributed by atoms with Crippen LogP contribution in [0, 0.1) is 6.92 Å². The summed E-state index contributed by atoms with van der Waals surface area (Å²) in [5.74, 6) is -0.447. The fraction of sp³-hybridized carbons (Fsp3) is 0.308. The van der Waals surface area contributed by atoms with Gasteiger partial charge in [0.25, 0.3) is 0 Å². The smallest absolute Gasteiger partial charge is 0.248 e. The number of ether oxygens (including phenoxy) is 1. The Morgan fingerprint density at radius 3 is 2.71 bits per heavy atom. The normalized spacial score (nSPS) is 15.0. The van der Waals surface area contributed by atoms with Crippen LogP contribution in [-0.2, 0) is 17.7 Å². The van der Waals surface area contributed by atoms with Crippen LogP contribution in [0.2, 0.25) is 0 Å². The number of aromatic nitrogens is 4. The molecule has 0 bridgehead atoms. The van der Waals surface area contributed by atoms with E-state index in [2.05, 4.69) is 15.0 Å². The van der Waals surface area contributed by atoms with Crippen molar-refractivity contribution in [2.45, 2.75) is 26.3 Å². The van der Waals surface area contributed by atoms with Gasteiger partial charge >= 0.3 is 0 Å². The minimum absolute atomic E-state index is 0.447. The molecule has 0 unspecified atom stereocenters. The van der Waals surface area contributed by atoms with Crippen LogP contribution in [0.1, 0.15) is 28.2 Å². The molecule has 2 aliphatic rings. The molecule has 0 spiro atoms. The first kappa shape index (κ1) is 22.2. The molecule has 174 valence electrons. The molecule has 34 heavy (non-hydrogen) atoms. The van der Waals surface area contributed by atoms with Crippen molar-refractivity contribution in [1.82, 2.24) is 25.1 Å². The third-order valence-electron chi connectivity index (χ3n) is 6.11. The average Bonchev–Trinajstić information content (AvgIpc) is 3.46. The first-order valence-electron chi connectivity index (χ1n) is 11.6. The van der Waals surface area contributed by atoms with Gasteiger partial charge in [0.15, 0.2) is 0 Å². The Hall–Kier alpha value is -3.62. The minimum atomic E-state index is -0.447. The SMILES string of the molecule is C1COCCN1.Cc1cccc(-c2nn3c(c2-c2ccnc4ccc(C(N)=O)cc24)CCC3)n1. The zero-order valence-electron chi connectivity index (χ0n) is 19.3. The largest absolute Gasteiger partial charge is 0.379 e. The maximum absolute atomic E-state index is 11.7. The number of amides is 1. The molecule has 0 atom stereocenters. The van der Waals surface area contributed by atoms with Crippen molar-refractivity contribution in [2.24, 2.45) is 5.73 Å². The Balaban J connectivity index is 0.000000351. The van der Waals surface area contributed by atoms with E-state index in [1.807, 2.05) is 43.3 Å². The summed E-state index contributed by atoms with van der Waals surface area (Å²) in [6, 6.07) is 13.3. The molecule has 0 aliphatic carbocycles. The molecule has 1 saturated heterocycles. The minimum Gasteiger partial charge on any atom is -0.379 e. The van der Waals surface area contributed by atoms with Crippen LogP contribution in [0.5, 0.6) is 0 Å². The highest BCUT2D eigenvalue weighted by molar-refractivity contribution is 6.03. The lowest BCUT2D eigenvalue weighted by atomic mass is 9.95. The van der Waals surface area contributed by atoms with Gasteiger partial charge in [0.2, 0.25) is 5.91 Å². The van der Waals surface area contributed by atoms with Crippen LogP contribution in [0.3, 0.4) is 0 Å². The molecule has 0 radical (unpaired) electrons. The molecule has 4 aromatic rings. The second kappa shape index (κ2) is 9.70. The van der Waals surface area contributed by atoms with Gasteiger partial charge in [-0.05, 0) is 61.7 Å². The highest BCUT2D eigenvalue weighted by Crippen LogP contribution is 2.39. The molecule has 8 heteroatoms. The number of nitrogens with zero attached hydrogens (tertiary/aromatic N) is 4. The molecular formula is C26H28N6O2. The van der Waals surface area contributed by atoms with Gasteiger partial charge in [0.05, 0.1) is 24.4 Å². The Morgan fingerprint density at radius 2 is 2.00 bits per heavy atom. The first-order valence-corrected chi connectivity index (χ1v) is 11.6. The van der Waals surface area contributed by atoms with E-state index in [9.17, 15) is 4.79 Å². The van der Waals surface area contributed by atoms with Crippen molar-refractivity contribution in [3.8, 4) is 22.5 Å². The summed E-state index contributed by atoms with van der Waals surface area (Å²) in [6.45, 7) is 6.72. The Kier molecular flexibility index (Phi) is 6.33.